The highest BCUT2D eigenvalue weighted by Crippen LogP contribution is 2.28. The molecule has 0 spiro atoms. The molecule has 162 valence electrons. The molecule has 1 atom stereocenters. The fourth-order valence-corrected chi connectivity index (χ4v) is 3.79. The van der Waals surface area contributed by atoms with Gasteiger partial charge in [0.25, 0.3) is 11.8 Å². The van der Waals surface area contributed by atoms with Gasteiger partial charge >= 0.3 is 6.03 Å². The van der Waals surface area contributed by atoms with E-state index in [1.165, 1.54) is 24.1 Å². The van der Waals surface area contributed by atoms with E-state index in [1.54, 1.807) is 24.3 Å². The van der Waals surface area contributed by atoms with Crippen molar-refractivity contribution in [3.05, 3.63) is 63.7 Å². The van der Waals surface area contributed by atoms with E-state index in [9.17, 15) is 19.2 Å². The van der Waals surface area contributed by atoms with Gasteiger partial charge in [0.1, 0.15) is 5.75 Å². The van der Waals surface area contributed by atoms with Gasteiger partial charge in [0.05, 0.1) is 24.2 Å². The molecule has 0 unspecified atom stereocenters. The van der Waals surface area contributed by atoms with Crippen LogP contribution in [0.3, 0.4) is 0 Å². The zero-order chi connectivity index (χ0) is 23.0. The fourth-order valence-electron chi connectivity index (χ4n) is 3.58. The lowest BCUT2D eigenvalue weighted by Gasteiger charge is -2.26. The number of nitrogens with one attached hydrogen (secondary N) is 2. The maximum Gasteiger partial charge on any atom is 0.323 e. The van der Waals surface area contributed by atoms with Gasteiger partial charge in [-0.15, -0.1) is 0 Å². The predicted molar refractivity (Wildman–Crippen MR) is 114 cm³/mol. The first kappa shape index (κ1) is 21.2. The van der Waals surface area contributed by atoms with Crippen molar-refractivity contribution in [1.29, 1.82) is 0 Å². The quantitative estimate of drug-likeness (QED) is 0.471. The van der Waals surface area contributed by atoms with E-state index in [0.717, 1.165) is 5.56 Å². The average Bonchev–Trinajstić information content (AvgIpc) is 3.22. The molecule has 0 saturated carbocycles. The number of hydrogen-bond acceptors (Lipinski definition) is 5. The number of hydrogen-bond donors (Lipinski definition) is 3. The zero-order valence-electron chi connectivity index (χ0n) is 16.8. The van der Waals surface area contributed by atoms with Crippen molar-refractivity contribution in [1.82, 2.24) is 15.5 Å². The molecule has 5 amide bonds. The summed E-state index contributed by atoms with van der Waals surface area (Å²) >= 11 is 5.96. The Morgan fingerprint density at radius 2 is 2.03 bits per heavy atom. The summed E-state index contributed by atoms with van der Waals surface area (Å²) in [5, 5.41) is 4.86. The van der Waals surface area contributed by atoms with Crippen molar-refractivity contribution in [2.24, 2.45) is 5.73 Å². The summed E-state index contributed by atoms with van der Waals surface area (Å²) in [7, 11) is 1.50. The lowest BCUT2D eigenvalue weighted by atomic mass is 9.98. The average molecular weight is 453 g/mol. The van der Waals surface area contributed by atoms with Crippen molar-refractivity contribution >= 4 is 35.4 Å². The number of carbonyl (C=O) groups excluding carboxylic acids is 4. The first-order valence-corrected chi connectivity index (χ1v) is 9.82. The molecule has 2 aliphatic heterocycles. The molecule has 0 aromatic heterocycles. The van der Waals surface area contributed by atoms with Crippen molar-refractivity contribution in [2.75, 3.05) is 13.7 Å². The Bertz CT molecular complexity index is 1250. The summed E-state index contributed by atoms with van der Waals surface area (Å²) in [4.78, 5) is 50.5. The molecule has 2 aromatic rings. The monoisotopic (exact) mass is 452 g/mol. The van der Waals surface area contributed by atoms with E-state index in [4.69, 9.17) is 22.1 Å². The minimum atomic E-state index is -1.68. The summed E-state index contributed by atoms with van der Waals surface area (Å²) in [6.45, 7) is 0.0706. The van der Waals surface area contributed by atoms with Gasteiger partial charge in [-0.05, 0) is 35.9 Å². The number of amides is 5. The van der Waals surface area contributed by atoms with Crippen molar-refractivity contribution in [2.45, 2.75) is 12.1 Å². The minimum Gasteiger partial charge on any atom is -0.497 e. The Morgan fingerprint density at radius 3 is 2.69 bits per heavy atom. The van der Waals surface area contributed by atoms with Crippen LogP contribution in [0, 0.1) is 11.8 Å². The summed E-state index contributed by atoms with van der Waals surface area (Å²) in [5.74, 6) is 4.37. The SMILES string of the molecule is COc1ccc2c(c1)C(=O)N(C[C@@]1(C#Cc3ccc(Cl)c(C(N)=O)c3)NC(=O)NC1=O)C2. The third-order valence-corrected chi connectivity index (χ3v) is 5.55. The maximum absolute atomic E-state index is 12.9. The number of benzene rings is 2. The molecular formula is C22H17ClN4O5. The van der Waals surface area contributed by atoms with E-state index >= 15 is 0 Å². The summed E-state index contributed by atoms with van der Waals surface area (Å²) in [5.41, 5.74) is 5.30. The fraction of sp³-hybridized carbons (Fsp3) is 0.182. The van der Waals surface area contributed by atoms with Gasteiger partial charge < -0.3 is 20.7 Å². The molecule has 4 rings (SSSR count). The number of halogens is 1. The zero-order valence-corrected chi connectivity index (χ0v) is 17.6. The third kappa shape index (κ3) is 3.72. The first-order chi connectivity index (χ1) is 15.2. The number of nitrogens with zero attached hydrogens (tertiary/aromatic N) is 1. The summed E-state index contributed by atoms with van der Waals surface area (Å²) < 4.78 is 5.17. The molecule has 0 radical (unpaired) electrons. The number of rotatable bonds is 4. The van der Waals surface area contributed by atoms with Gasteiger partial charge in [-0.1, -0.05) is 29.5 Å². The van der Waals surface area contributed by atoms with Crippen molar-refractivity contribution in [3.63, 3.8) is 0 Å². The maximum atomic E-state index is 12.9. The molecule has 2 heterocycles. The number of ether oxygens (including phenoxy) is 1. The molecule has 0 bridgehead atoms. The highest BCUT2D eigenvalue weighted by molar-refractivity contribution is 6.33. The van der Waals surface area contributed by atoms with Crippen molar-refractivity contribution in [3.8, 4) is 17.6 Å². The Morgan fingerprint density at radius 1 is 1.25 bits per heavy atom. The standard InChI is InChI=1S/C22H17ClN4O5/c1-32-14-4-3-13-10-27(19(29)15(13)9-14)11-22(20(30)25-21(31)26-22)7-6-12-2-5-17(23)16(8-12)18(24)28/h2-5,8-9H,10-11H2,1H3,(H2,24,28)(H2,25,26,30,31)/t22-/m1/s1. The number of fused-ring (bicyclic) bond motifs is 1. The number of nitrogens with two attached hydrogens (primary N) is 1. The predicted octanol–water partition coefficient (Wildman–Crippen LogP) is 1.03. The molecule has 10 heteroatoms. The molecule has 2 aliphatic rings. The highest BCUT2D eigenvalue weighted by atomic mass is 35.5. The van der Waals surface area contributed by atoms with E-state index in [2.05, 4.69) is 22.5 Å². The van der Waals surface area contributed by atoms with Gasteiger partial charge in [-0.3, -0.25) is 19.7 Å². The largest absolute Gasteiger partial charge is 0.497 e. The van der Waals surface area contributed by atoms with Crippen LogP contribution < -0.4 is 21.1 Å². The number of primary amides is 1. The van der Waals surface area contributed by atoms with E-state index in [-0.39, 0.29) is 29.6 Å². The van der Waals surface area contributed by atoms with Gasteiger partial charge in [0.15, 0.2) is 0 Å². The number of imide groups is 1. The van der Waals surface area contributed by atoms with Gasteiger partial charge in [-0.25, -0.2) is 4.79 Å². The molecule has 2 aromatic carbocycles. The van der Waals surface area contributed by atoms with Crippen LogP contribution in [0.15, 0.2) is 36.4 Å². The lowest BCUT2D eigenvalue weighted by molar-refractivity contribution is -0.122. The number of urea groups is 1. The summed E-state index contributed by atoms with van der Waals surface area (Å²) in [6.07, 6.45) is 0. The summed E-state index contributed by atoms with van der Waals surface area (Å²) in [6, 6.07) is 8.82. The van der Waals surface area contributed by atoms with Crippen LogP contribution in [0.1, 0.15) is 31.8 Å². The van der Waals surface area contributed by atoms with E-state index in [1.807, 2.05) is 0 Å². The van der Waals surface area contributed by atoms with E-state index < -0.39 is 23.4 Å². The van der Waals surface area contributed by atoms with Crippen LogP contribution in [0.4, 0.5) is 4.79 Å². The van der Waals surface area contributed by atoms with Crippen LogP contribution in [0.25, 0.3) is 0 Å². The van der Waals surface area contributed by atoms with Gasteiger partial charge in [-0.2, -0.15) is 0 Å². The van der Waals surface area contributed by atoms with Crippen LogP contribution in [-0.4, -0.2) is 47.8 Å². The second-order valence-corrected chi connectivity index (χ2v) is 7.71. The Hall–Kier alpha value is -4.03. The third-order valence-electron chi connectivity index (χ3n) is 5.22. The smallest absolute Gasteiger partial charge is 0.323 e. The Kier molecular flexibility index (Phi) is 5.24. The molecule has 4 N–H and O–H groups in total. The van der Waals surface area contributed by atoms with Gasteiger partial charge in [0.2, 0.25) is 11.4 Å². The van der Waals surface area contributed by atoms with E-state index in [0.29, 0.717) is 16.9 Å². The Labute approximate surface area is 187 Å². The number of carbonyl (C=O) groups is 4. The molecule has 0 aliphatic carbocycles. The first-order valence-electron chi connectivity index (χ1n) is 9.45. The molecular weight excluding hydrogens is 436 g/mol. The Balaban J connectivity index is 1.67. The van der Waals surface area contributed by atoms with Crippen LogP contribution >= 0.6 is 11.6 Å². The van der Waals surface area contributed by atoms with Crippen LogP contribution in [0.5, 0.6) is 5.75 Å². The second-order valence-electron chi connectivity index (χ2n) is 7.31. The van der Waals surface area contributed by atoms with Gasteiger partial charge in [0, 0.05) is 17.7 Å². The molecule has 1 fully saturated rings. The lowest BCUT2D eigenvalue weighted by Crippen LogP contribution is -2.54. The molecule has 32 heavy (non-hydrogen) atoms. The van der Waals surface area contributed by atoms with Crippen LogP contribution in [0.2, 0.25) is 5.02 Å². The minimum absolute atomic E-state index is 0.0755. The van der Waals surface area contributed by atoms with Crippen LogP contribution in [-0.2, 0) is 11.3 Å². The molecule has 1 saturated heterocycles. The second kappa shape index (κ2) is 7.90. The highest BCUT2D eigenvalue weighted by Gasteiger charge is 2.48. The number of methoxy groups -OCH3 is 1. The normalized spacial score (nSPS) is 19.1. The molecule has 9 nitrogen and oxygen atoms in total. The van der Waals surface area contributed by atoms with Crippen molar-refractivity contribution < 1.29 is 23.9 Å². The topological polar surface area (TPSA) is 131 Å².